The average Bonchev–Trinajstić information content (AvgIpc) is 2.37. The van der Waals surface area contributed by atoms with Crippen LogP contribution in [0.1, 0.15) is 18.9 Å². The Labute approximate surface area is 101 Å². The van der Waals surface area contributed by atoms with Gasteiger partial charge in [-0.3, -0.25) is 10.0 Å². The van der Waals surface area contributed by atoms with Gasteiger partial charge in [0.05, 0.1) is 12.6 Å². The number of nitrogens with two attached hydrogens (primary N) is 1. The average molecular weight is 238 g/mol. The number of nitrogens with one attached hydrogen (secondary N) is 1. The van der Waals surface area contributed by atoms with Crippen LogP contribution in [0.5, 0.6) is 5.75 Å². The molecule has 5 nitrogen and oxygen atoms in total. The molecule has 4 N–H and O–H groups in total. The van der Waals surface area contributed by atoms with Crippen LogP contribution < -0.4 is 16.0 Å². The Balaban J connectivity index is 2.53. The van der Waals surface area contributed by atoms with Gasteiger partial charge in [0.1, 0.15) is 5.75 Å². The summed E-state index contributed by atoms with van der Waals surface area (Å²) in [4.78, 5) is 11.0. The molecule has 0 aliphatic rings. The van der Waals surface area contributed by atoms with Crippen molar-refractivity contribution in [2.75, 3.05) is 6.61 Å². The zero-order valence-corrected chi connectivity index (χ0v) is 9.85. The van der Waals surface area contributed by atoms with Crippen molar-refractivity contribution >= 4 is 5.91 Å². The number of amides is 1. The molecule has 0 aliphatic carbocycles. The van der Waals surface area contributed by atoms with Gasteiger partial charge in [-0.25, -0.2) is 5.48 Å². The predicted molar refractivity (Wildman–Crippen MR) is 63.8 cm³/mol. The van der Waals surface area contributed by atoms with E-state index in [1.165, 1.54) is 5.48 Å². The fraction of sp³-hybridized carbons (Fsp3) is 0.417. The van der Waals surface area contributed by atoms with Crippen molar-refractivity contribution in [3.8, 4) is 5.75 Å². The van der Waals surface area contributed by atoms with Crippen molar-refractivity contribution in [1.82, 2.24) is 5.48 Å². The lowest BCUT2D eigenvalue weighted by Gasteiger charge is -2.10. The van der Waals surface area contributed by atoms with E-state index in [0.29, 0.717) is 13.0 Å². The molecule has 1 amide bonds. The first-order chi connectivity index (χ1) is 8.17. The van der Waals surface area contributed by atoms with E-state index >= 15 is 0 Å². The van der Waals surface area contributed by atoms with Gasteiger partial charge in [-0.15, -0.1) is 0 Å². The monoisotopic (exact) mass is 238 g/mol. The summed E-state index contributed by atoms with van der Waals surface area (Å²) >= 11 is 0. The van der Waals surface area contributed by atoms with E-state index in [1.54, 1.807) is 0 Å². The maximum Gasteiger partial charge on any atom is 0.260 e. The number of hydrogen-bond donors (Lipinski definition) is 3. The lowest BCUT2D eigenvalue weighted by atomic mass is 10.1. The highest BCUT2D eigenvalue weighted by molar-refractivity contribution is 5.80. The summed E-state index contributed by atoms with van der Waals surface area (Å²) in [5.74, 6) is 0.215. The van der Waals surface area contributed by atoms with Gasteiger partial charge < -0.3 is 10.5 Å². The summed E-state index contributed by atoms with van der Waals surface area (Å²) in [6.07, 6.45) is 1.34. The number of ether oxygens (including phenoxy) is 1. The largest absolute Gasteiger partial charge is 0.494 e. The Hall–Kier alpha value is -1.59. The van der Waals surface area contributed by atoms with Crippen LogP contribution in [0.25, 0.3) is 0 Å². The van der Waals surface area contributed by atoms with Crippen molar-refractivity contribution in [2.45, 2.75) is 25.8 Å². The van der Waals surface area contributed by atoms with Crippen LogP contribution in [0.3, 0.4) is 0 Å². The van der Waals surface area contributed by atoms with Crippen LogP contribution in [0.4, 0.5) is 0 Å². The third kappa shape index (κ3) is 4.42. The third-order valence-electron chi connectivity index (χ3n) is 2.30. The summed E-state index contributed by atoms with van der Waals surface area (Å²) in [6.45, 7) is 2.73. The Morgan fingerprint density at radius 3 is 2.65 bits per heavy atom. The topological polar surface area (TPSA) is 84.6 Å². The highest BCUT2D eigenvalue weighted by atomic mass is 16.5. The summed E-state index contributed by atoms with van der Waals surface area (Å²) in [6, 6.07) is 6.65. The molecule has 5 heteroatoms. The smallest absolute Gasteiger partial charge is 0.260 e. The van der Waals surface area contributed by atoms with E-state index in [4.69, 9.17) is 15.7 Å². The fourth-order valence-corrected chi connectivity index (χ4v) is 1.37. The zero-order valence-electron chi connectivity index (χ0n) is 9.85. The van der Waals surface area contributed by atoms with E-state index in [-0.39, 0.29) is 0 Å². The lowest BCUT2D eigenvalue weighted by Crippen LogP contribution is -2.40. The fourth-order valence-electron chi connectivity index (χ4n) is 1.37. The number of rotatable bonds is 6. The first kappa shape index (κ1) is 13.5. The number of carbonyl (C=O) groups excluding carboxylic acids is 1. The quantitative estimate of drug-likeness (QED) is 0.506. The highest BCUT2D eigenvalue weighted by Crippen LogP contribution is 2.13. The Bertz CT molecular complexity index is 351. The van der Waals surface area contributed by atoms with Gasteiger partial charge in [0, 0.05) is 0 Å². The molecular formula is C12H18N2O3. The lowest BCUT2D eigenvalue weighted by molar-refractivity contribution is -0.130. The minimum Gasteiger partial charge on any atom is -0.494 e. The summed E-state index contributed by atoms with van der Waals surface area (Å²) in [5, 5.41) is 8.42. The number of carbonyl (C=O) groups is 1. The second-order valence-corrected chi connectivity index (χ2v) is 3.78. The molecule has 94 valence electrons. The molecule has 0 unspecified atom stereocenters. The summed E-state index contributed by atoms with van der Waals surface area (Å²) in [5.41, 5.74) is 8.03. The molecule has 1 rings (SSSR count). The van der Waals surface area contributed by atoms with Gasteiger partial charge in [-0.1, -0.05) is 19.1 Å². The predicted octanol–water partition coefficient (Wildman–Crippen LogP) is 0.851. The first-order valence-electron chi connectivity index (χ1n) is 5.58. The SMILES string of the molecule is CCCOc1ccc(C[C@H](N)C(=O)NO)cc1. The molecule has 1 atom stereocenters. The molecule has 0 saturated carbocycles. The van der Waals surface area contributed by atoms with Crippen LogP contribution in [-0.2, 0) is 11.2 Å². The second-order valence-electron chi connectivity index (χ2n) is 3.78. The van der Waals surface area contributed by atoms with E-state index < -0.39 is 11.9 Å². The Morgan fingerprint density at radius 1 is 1.47 bits per heavy atom. The van der Waals surface area contributed by atoms with Crippen LogP contribution in [0, 0.1) is 0 Å². The maximum atomic E-state index is 11.0. The molecule has 0 bridgehead atoms. The minimum absolute atomic E-state index is 0.375. The van der Waals surface area contributed by atoms with Crippen LogP contribution >= 0.6 is 0 Å². The molecule has 0 aromatic heterocycles. The molecular weight excluding hydrogens is 220 g/mol. The highest BCUT2D eigenvalue weighted by Gasteiger charge is 2.12. The van der Waals surface area contributed by atoms with Crippen molar-refractivity contribution in [3.05, 3.63) is 29.8 Å². The van der Waals surface area contributed by atoms with E-state index in [0.717, 1.165) is 17.7 Å². The standard InChI is InChI=1S/C12H18N2O3/c1-2-7-17-10-5-3-9(4-6-10)8-11(13)12(15)14-16/h3-6,11,16H,2,7-8,13H2,1H3,(H,14,15)/t11-/m0/s1. The molecule has 0 radical (unpaired) electrons. The number of hydroxylamine groups is 1. The maximum absolute atomic E-state index is 11.0. The van der Waals surface area contributed by atoms with Crippen molar-refractivity contribution in [1.29, 1.82) is 0 Å². The molecule has 1 aromatic carbocycles. The van der Waals surface area contributed by atoms with E-state index in [1.807, 2.05) is 31.2 Å². The van der Waals surface area contributed by atoms with Gasteiger partial charge in [-0.2, -0.15) is 0 Å². The van der Waals surface area contributed by atoms with Crippen LogP contribution in [-0.4, -0.2) is 23.8 Å². The van der Waals surface area contributed by atoms with Gasteiger partial charge in [-0.05, 0) is 30.5 Å². The van der Waals surface area contributed by atoms with Crippen LogP contribution in [0.15, 0.2) is 24.3 Å². The van der Waals surface area contributed by atoms with E-state index in [9.17, 15) is 4.79 Å². The van der Waals surface area contributed by atoms with E-state index in [2.05, 4.69) is 0 Å². The zero-order chi connectivity index (χ0) is 12.7. The molecule has 0 spiro atoms. The molecule has 0 fully saturated rings. The van der Waals surface area contributed by atoms with Crippen LogP contribution in [0.2, 0.25) is 0 Å². The molecule has 1 aromatic rings. The Morgan fingerprint density at radius 2 is 2.12 bits per heavy atom. The van der Waals surface area contributed by atoms with Crippen molar-refractivity contribution in [2.24, 2.45) is 5.73 Å². The normalized spacial score (nSPS) is 11.9. The van der Waals surface area contributed by atoms with Gasteiger partial charge in [0.25, 0.3) is 5.91 Å². The van der Waals surface area contributed by atoms with Crippen molar-refractivity contribution in [3.63, 3.8) is 0 Å². The second kappa shape index (κ2) is 6.88. The summed E-state index contributed by atoms with van der Waals surface area (Å²) < 4.78 is 5.43. The minimum atomic E-state index is -0.748. The van der Waals surface area contributed by atoms with Crippen molar-refractivity contribution < 1.29 is 14.7 Å². The van der Waals surface area contributed by atoms with Gasteiger partial charge in [0.15, 0.2) is 0 Å². The van der Waals surface area contributed by atoms with Gasteiger partial charge >= 0.3 is 0 Å². The third-order valence-corrected chi connectivity index (χ3v) is 2.30. The molecule has 17 heavy (non-hydrogen) atoms. The number of benzene rings is 1. The van der Waals surface area contributed by atoms with Gasteiger partial charge in [0.2, 0.25) is 0 Å². The Kier molecular flexibility index (Phi) is 5.45. The first-order valence-corrected chi connectivity index (χ1v) is 5.58. The number of hydrogen-bond acceptors (Lipinski definition) is 4. The molecule has 0 heterocycles. The molecule has 0 aliphatic heterocycles. The summed E-state index contributed by atoms with van der Waals surface area (Å²) in [7, 11) is 0. The molecule has 0 saturated heterocycles.